The van der Waals surface area contributed by atoms with Gasteiger partial charge < -0.3 is 10.6 Å². The second-order valence-electron chi connectivity index (χ2n) is 4.95. The van der Waals surface area contributed by atoms with Crippen LogP contribution in [0.2, 0.25) is 5.15 Å². The van der Waals surface area contributed by atoms with Crippen molar-refractivity contribution in [2.24, 2.45) is 0 Å². The number of hydrogen-bond acceptors (Lipinski definition) is 3. The van der Waals surface area contributed by atoms with Crippen molar-refractivity contribution >= 4 is 34.6 Å². The van der Waals surface area contributed by atoms with Gasteiger partial charge in [0.15, 0.2) is 0 Å². The fraction of sp³-hybridized carbons (Fsp3) is 0.133. The van der Waals surface area contributed by atoms with Crippen LogP contribution in [-0.2, 0) is 0 Å². The molecule has 1 aliphatic rings. The average Bonchev–Trinajstić information content (AvgIpc) is 2.43. The van der Waals surface area contributed by atoms with Gasteiger partial charge in [0.05, 0.1) is 5.69 Å². The maximum absolute atomic E-state index is 14.0. The first-order valence-corrected chi connectivity index (χ1v) is 6.65. The van der Waals surface area contributed by atoms with Crippen LogP contribution in [0.1, 0.15) is 11.1 Å². The first-order chi connectivity index (χ1) is 9.95. The van der Waals surface area contributed by atoms with Gasteiger partial charge in [0.2, 0.25) is 0 Å². The van der Waals surface area contributed by atoms with Gasteiger partial charge >= 0.3 is 0 Å². The molecule has 0 bridgehead atoms. The Hall–Kier alpha value is -2.14. The fourth-order valence-corrected chi connectivity index (χ4v) is 2.57. The van der Waals surface area contributed by atoms with E-state index in [1.165, 1.54) is 6.07 Å². The molecule has 0 spiro atoms. The van der Waals surface area contributed by atoms with Crippen LogP contribution in [0.4, 0.5) is 20.2 Å². The number of halogens is 3. The third-order valence-electron chi connectivity index (χ3n) is 3.46. The number of aromatic nitrogens is 1. The molecule has 0 aliphatic carbocycles. The number of hydrogen-bond donors (Lipinski definition) is 1. The molecule has 1 aromatic carbocycles. The van der Waals surface area contributed by atoms with E-state index in [0.29, 0.717) is 22.8 Å². The number of nitrogens with two attached hydrogens (primary N) is 1. The summed E-state index contributed by atoms with van der Waals surface area (Å²) in [5.41, 5.74) is 8.19. The number of rotatable bonds is 1. The quantitative estimate of drug-likeness (QED) is 0.647. The SMILES string of the molecule is CN1CC(c2cc(N)c(F)cc2F)=Cc2cnc(Cl)cc21. The van der Waals surface area contributed by atoms with E-state index in [1.807, 2.05) is 18.0 Å². The maximum atomic E-state index is 14.0. The molecule has 3 nitrogen and oxygen atoms in total. The summed E-state index contributed by atoms with van der Waals surface area (Å²) in [6, 6.07) is 3.87. The first-order valence-electron chi connectivity index (χ1n) is 6.28. The second kappa shape index (κ2) is 5.00. The molecule has 0 saturated heterocycles. The van der Waals surface area contributed by atoms with Crippen LogP contribution in [-0.4, -0.2) is 18.6 Å². The Kier molecular flexibility index (Phi) is 3.29. The van der Waals surface area contributed by atoms with Crippen LogP contribution >= 0.6 is 11.6 Å². The smallest absolute Gasteiger partial charge is 0.149 e. The highest BCUT2D eigenvalue weighted by Crippen LogP contribution is 2.34. The van der Waals surface area contributed by atoms with Crippen molar-refractivity contribution < 1.29 is 8.78 Å². The Morgan fingerprint density at radius 3 is 2.76 bits per heavy atom. The van der Waals surface area contributed by atoms with Gasteiger partial charge in [-0.15, -0.1) is 0 Å². The molecular formula is C15H12ClF2N3. The van der Waals surface area contributed by atoms with E-state index < -0.39 is 11.6 Å². The molecule has 0 unspecified atom stereocenters. The van der Waals surface area contributed by atoms with Gasteiger partial charge in [0.1, 0.15) is 16.8 Å². The predicted molar refractivity (Wildman–Crippen MR) is 81.2 cm³/mol. The number of nitrogen functional groups attached to an aromatic ring is 1. The van der Waals surface area contributed by atoms with Crippen molar-refractivity contribution in [2.75, 3.05) is 24.2 Å². The van der Waals surface area contributed by atoms with Crippen LogP contribution in [0.25, 0.3) is 11.6 Å². The molecular weight excluding hydrogens is 296 g/mol. The number of likely N-dealkylation sites (N-methyl/N-ethyl adjacent to an activating group) is 1. The third kappa shape index (κ3) is 2.45. The number of pyridine rings is 1. The standard InChI is InChI=1S/C15H12ClF2N3/c1-21-7-9(2-8-6-20-15(16)5-14(8)21)10-3-13(19)12(18)4-11(10)17/h2-6H,7,19H2,1H3. The molecule has 3 rings (SSSR count). The van der Waals surface area contributed by atoms with Crippen LogP contribution in [0.15, 0.2) is 24.4 Å². The van der Waals surface area contributed by atoms with E-state index in [-0.39, 0.29) is 5.69 Å². The van der Waals surface area contributed by atoms with Gasteiger partial charge in [-0.25, -0.2) is 13.8 Å². The van der Waals surface area contributed by atoms with Crippen LogP contribution in [0, 0.1) is 11.6 Å². The van der Waals surface area contributed by atoms with E-state index in [2.05, 4.69) is 4.98 Å². The highest BCUT2D eigenvalue weighted by molar-refractivity contribution is 6.29. The Bertz CT molecular complexity index is 759. The van der Waals surface area contributed by atoms with Gasteiger partial charge in [0.25, 0.3) is 0 Å². The molecule has 0 saturated carbocycles. The minimum atomic E-state index is -0.755. The second-order valence-corrected chi connectivity index (χ2v) is 5.33. The Morgan fingerprint density at radius 2 is 2.00 bits per heavy atom. The fourth-order valence-electron chi connectivity index (χ4n) is 2.42. The van der Waals surface area contributed by atoms with E-state index >= 15 is 0 Å². The molecule has 21 heavy (non-hydrogen) atoms. The zero-order valence-electron chi connectivity index (χ0n) is 11.2. The van der Waals surface area contributed by atoms with Gasteiger partial charge in [-0.3, -0.25) is 0 Å². The van der Waals surface area contributed by atoms with Gasteiger partial charge in [-0.05, 0) is 23.8 Å². The van der Waals surface area contributed by atoms with Crippen LogP contribution in [0.5, 0.6) is 0 Å². The summed E-state index contributed by atoms with van der Waals surface area (Å²) >= 11 is 5.88. The molecule has 0 amide bonds. The first kappa shape index (κ1) is 13.8. The van der Waals surface area contributed by atoms with Gasteiger partial charge in [0, 0.05) is 42.7 Å². The Balaban J connectivity index is 2.13. The van der Waals surface area contributed by atoms with Gasteiger partial charge in [-0.2, -0.15) is 0 Å². The molecule has 0 atom stereocenters. The van der Waals surface area contributed by atoms with E-state index in [1.54, 1.807) is 12.3 Å². The van der Waals surface area contributed by atoms with Crippen molar-refractivity contribution in [3.8, 4) is 0 Å². The molecule has 2 aromatic rings. The lowest BCUT2D eigenvalue weighted by Crippen LogP contribution is -2.24. The molecule has 108 valence electrons. The highest BCUT2D eigenvalue weighted by atomic mass is 35.5. The molecule has 0 fully saturated rings. The van der Waals surface area contributed by atoms with E-state index in [4.69, 9.17) is 17.3 Å². The zero-order valence-corrected chi connectivity index (χ0v) is 12.0. The minimum absolute atomic E-state index is 0.0741. The monoisotopic (exact) mass is 307 g/mol. The lowest BCUT2D eigenvalue weighted by molar-refractivity contribution is 0.583. The molecule has 2 heterocycles. The van der Waals surface area contributed by atoms with Gasteiger partial charge in [-0.1, -0.05) is 11.6 Å². The van der Waals surface area contributed by atoms with Crippen LogP contribution < -0.4 is 10.6 Å². The molecule has 0 radical (unpaired) electrons. The van der Waals surface area contributed by atoms with E-state index in [0.717, 1.165) is 17.3 Å². The predicted octanol–water partition coefficient (Wildman–Crippen LogP) is 3.59. The lowest BCUT2D eigenvalue weighted by Gasteiger charge is -2.28. The van der Waals surface area contributed by atoms with Crippen molar-refractivity contribution in [3.05, 3.63) is 52.3 Å². The Labute approximate surface area is 125 Å². The normalized spacial score (nSPS) is 13.9. The summed E-state index contributed by atoms with van der Waals surface area (Å²) < 4.78 is 27.3. The molecule has 1 aromatic heterocycles. The lowest BCUT2D eigenvalue weighted by atomic mass is 9.97. The number of benzene rings is 1. The summed E-state index contributed by atoms with van der Waals surface area (Å²) in [6.07, 6.45) is 3.44. The average molecular weight is 308 g/mol. The topological polar surface area (TPSA) is 42.1 Å². The minimum Gasteiger partial charge on any atom is -0.396 e. The third-order valence-corrected chi connectivity index (χ3v) is 3.67. The van der Waals surface area contributed by atoms with Crippen molar-refractivity contribution in [1.29, 1.82) is 0 Å². The maximum Gasteiger partial charge on any atom is 0.149 e. The molecule has 1 aliphatic heterocycles. The molecule has 6 heteroatoms. The summed E-state index contributed by atoms with van der Waals surface area (Å²) in [4.78, 5) is 5.95. The Morgan fingerprint density at radius 1 is 1.24 bits per heavy atom. The van der Waals surface area contributed by atoms with E-state index in [9.17, 15) is 8.78 Å². The van der Waals surface area contributed by atoms with Crippen molar-refractivity contribution in [2.45, 2.75) is 0 Å². The summed E-state index contributed by atoms with van der Waals surface area (Å²) in [7, 11) is 1.87. The highest BCUT2D eigenvalue weighted by Gasteiger charge is 2.20. The molecule has 2 N–H and O–H groups in total. The summed E-state index contributed by atoms with van der Waals surface area (Å²) in [5.74, 6) is -1.39. The number of anilines is 2. The number of nitrogens with zero attached hydrogens (tertiary/aromatic N) is 2. The summed E-state index contributed by atoms with van der Waals surface area (Å²) in [6.45, 7) is 0.468. The van der Waals surface area contributed by atoms with Crippen LogP contribution in [0.3, 0.4) is 0 Å². The van der Waals surface area contributed by atoms with Crippen molar-refractivity contribution in [3.63, 3.8) is 0 Å². The summed E-state index contributed by atoms with van der Waals surface area (Å²) in [5, 5.41) is 0.398. The van der Waals surface area contributed by atoms with Crippen molar-refractivity contribution in [1.82, 2.24) is 4.98 Å². The zero-order chi connectivity index (χ0) is 15.1. The largest absolute Gasteiger partial charge is 0.396 e. The number of fused-ring (bicyclic) bond motifs is 1.